The van der Waals surface area contributed by atoms with Crippen molar-refractivity contribution >= 4 is 22.7 Å². The summed E-state index contributed by atoms with van der Waals surface area (Å²) in [7, 11) is 1.67. The van der Waals surface area contributed by atoms with E-state index in [0.29, 0.717) is 0 Å². The minimum atomic E-state index is -0.0815. The summed E-state index contributed by atoms with van der Waals surface area (Å²) in [5.74, 6) is 1.65. The van der Waals surface area contributed by atoms with E-state index in [2.05, 4.69) is 37.8 Å². The van der Waals surface area contributed by atoms with Crippen molar-refractivity contribution < 1.29 is 9.47 Å². The third kappa shape index (κ3) is 2.97. The van der Waals surface area contributed by atoms with E-state index in [4.69, 9.17) is 14.5 Å². The second-order valence-corrected chi connectivity index (χ2v) is 6.53. The molecule has 1 aliphatic heterocycles. The quantitative estimate of drug-likeness (QED) is 0.570. The molecule has 3 aromatic rings. The zero-order valence-corrected chi connectivity index (χ0v) is 15.0. The van der Waals surface area contributed by atoms with Crippen LogP contribution in [-0.2, 0) is 4.74 Å². The first-order chi connectivity index (χ1) is 12.7. The number of rotatable bonds is 4. The fourth-order valence-corrected chi connectivity index (χ4v) is 3.31. The van der Waals surface area contributed by atoms with E-state index in [1.807, 2.05) is 36.4 Å². The molecule has 0 aliphatic carbocycles. The third-order valence-corrected chi connectivity index (χ3v) is 4.67. The van der Waals surface area contributed by atoms with Crippen molar-refractivity contribution in [3.8, 4) is 5.75 Å². The van der Waals surface area contributed by atoms with Crippen molar-refractivity contribution in [2.24, 2.45) is 0 Å². The van der Waals surface area contributed by atoms with E-state index in [0.717, 1.165) is 45.7 Å². The molecule has 2 aromatic carbocycles. The first kappa shape index (κ1) is 16.4. The average molecular weight is 343 g/mol. The molecule has 1 unspecified atom stereocenters. The number of fused-ring (bicyclic) bond motifs is 2. The summed E-state index contributed by atoms with van der Waals surface area (Å²) in [5.41, 5.74) is 5.31. The predicted molar refractivity (Wildman–Crippen MR) is 106 cm³/mol. The number of ether oxygens (including phenoxy) is 2. The molecule has 1 aromatic heterocycles. The minimum Gasteiger partial charge on any atom is -0.497 e. The molecule has 0 spiro atoms. The fraction of sp³-hybridized carbons (Fsp3) is 0.174. The van der Waals surface area contributed by atoms with Crippen molar-refractivity contribution in [1.29, 1.82) is 0 Å². The van der Waals surface area contributed by atoms with Crippen LogP contribution in [0.4, 0.5) is 0 Å². The summed E-state index contributed by atoms with van der Waals surface area (Å²) >= 11 is 0. The normalized spacial score (nSPS) is 15.8. The third-order valence-electron chi connectivity index (χ3n) is 4.67. The van der Waals surface area contributed by atoms with Crippen LogP contribution in [0.1, 0.15) is 34.9 Å². The van der Waals surface area contributed by atoms with Crippen molar-refractivity contribution in [3.05, 3.63) is 83.6 Å². The Kier molecular flexibility index (Phi) is 4.21. The monoisotopic (exact) mass is 343 g/mol. The van der Waals surface area contributed by atoms with Crippen LogP contribution in [0.3, 0.4) is 0 Å². The van der Waals surface area contributed by atoms with Crippen LogP contribution in [0.2, 0.25) is 0 Å². The van der Waals surface area contributed by atoms with Crippen LogP contribution >= 0.6 is 0 Å². The number of nitrogens with zero attached hydrogens (tertiary/aromatic N) is 1. The molecule has 0 saturated heterocycles. The van der Waals surface area contributed by atoms with E-state index in [1.54, 1.807) is 7.11 Å². The molecule has 0 fully saturated rings. The number of pyridine rings is 1. The van der Waals surface area contributed by atoms with Gasteiger partial charge in [0.15, 0.2) is 0 Å². The number of benzene rings is 2. The molecule has 0 saturated carbocycles. The highest BCUT2D eigenvalue weighted by Crippen LogP contribution is 2.38. The summed E-state index contributed by atoms with van der Waals surface area (Å²) in [5, 5.41) is 1.14. The Bertz CT molecular complexity index is 1000. The van der Waals surface area contributed by atoms with Gasteiger partial charge >= 0.3 is 0 Å². The fourth-order valence-electron chi connectivity index (χ4n) is 3.31. The first-order valence-corrected chi connectivity index (χ1v) is 8.73. The van der Waals surface area contributed by atoms with Gasteiger partial charge < -0.3 is 9.47 Å². The summed E-state index contributed by atoms with van der Waals surface area (Å²) in [6.07, 6.45) is 4.57. The molecular formula is C23H21NO2. The van der Waals surface area contributed by atoms with Gasteiger partial charge in [0.25, 0.3) is 0 Å². The Hall–Kier alpha value is -3.07. The second kappa shape index (κ2) is 6.68. The highest BCUT2D eigenvalue weighted by atomic mass is 16.5. The lowest BCUT2D eigenvalue weighted by molar-refractivity contribution is 0.169. The summed E-state index contributed by atoms with van der Waals surface area (Å²) < 4.78 is 11.5. The SMILES string of the molecule is C=CCC1OC(c2ccc(OC)cc2)=Cc2nc3ccc(C)cc3cc21. The maximum Gasteiger partial charge on any atom is 0.129 e. The Morgan fingerprint density at radius 1 is 1.15 bits per heavy atom. The molecule has 0 N–H and O–H groups in total. The molecule has 0 bridgehead atoms. The molecule has 0 amide bonds. The number of aryl methyl sites for hydroxylation is 1. The molecule has 26 heavy (non-hydrogen) atoms. The second-order valence-electron chi connectivity index (χ2n) is 6.53. The van der Waals surface area contributed by atoms with E-state index in [-0.39, 0.29) is 6.10 Å². The Labute approximate surface area is 153 Å². The van der Waals surface area contributed by atoms with Gasteiger partial charge in [0.2, 0.25) is 0 Å². The summed E-state index contributed by atoms with van der Waals surface area (Å²) in [6, 6.07) is 16.4. The van der Waals surface area contributed by atoms with Crippen LogP contribution in [0, 0.1) is 6.92 Å². The van der Waals surface area contributed by atoms with Gasteiger partial charge in [-0.1, -0.05) is 17.7 Å². The molecule has 130 valence electrons. The number of hydrogen-bond donors (Lipinski definition) is 0. The molecule has 1 atom stereocenters. The minimum absolute atomic E-state index is 0.0815. The average Bonchev–Trinajstić information content (AvgIpc) is 2.67. The lowest BCUT2D eigenvalue weighted by Crippen LogP contribution is -2.11. The number of hydrogen-bond acceptors (Lipinski definition) is 3. The Morgan fingerprint density at radius 3 is 2.69 bits per heavy atom. The largest absolute Gasteiger partial charge is 0.497 e. The molecule has 3 heteroatoms. The van der Waals surface area contributed by atoms with Crippen molar-refractivity contribution in [1.82, 2.24) is 4.98 Å². The summed E-state index contributed by atoms with van der Waals surface area (Å²) in [6.45, 7) is 5.98. The van der Waals surface area contributed by atoms with Gasteiger partial charge in [-0.3, -0.25) is 0 Å². The predicted octanol–water partition coefficient (Wildman–Crippen LogP) is 5.70. The van der Waals surface area contributed by atoms with Crippen LogP contribution in [0.5, 0.6) is 5.75 Å². The van der Waals surface area contributed by atoms with Crippen LogP contribution in [0.25, 0.3) is 22.7 Å². The van der Waals surface area contributed by atoms with Crippen LogP contribution < -0.4 is 4.74 Å². The highest BCUT2D eigenvalue weighted by molar-refractivity contribution is 5.86. The van der Waals surface area contributed by atoms with E-state index in [9.17, 15) is 0 Å². The van der Waals surface area contributed by atoms with E-state index < -0.39 is 0 Å². The maximum atomic E-state index is 6.30. The zero-order chi connectivity index (χ0) is 18.1. The Morgan fingerprint density at radius 2 is 1.96 bits per heavy atom. The number of aromatic nitrogens is 1. The van der Waals surface area contributed by atoms with Gasteiger partial charge in [0.05, 0.1) is 18.3 Å². The molecule has 3 nitrogen and oxygen atoms in total. The molecule has 4 rings (SSSR count). The lowest BCUT2D eigenvalue weighted by atomic mass is 9.97. The highest BCUT2D eigenvalue weighted by Gasteiger charge is 2.24. The van der Waals surface area contributed by atoms with E-state index in [1.165, 1.54) is 5.56 Å². The lowest BCUT2D eigenvalue weighted by Gasteiger charge is -2.26. The van der Waals surface area contributed by atoms with Gasteiger partial charge in [-0.15, -0.1) is 6.58 Å². The smallest absolute Gasteiger partial charge is 0.129 e. The van der Waals surface area contributed by atoms with Gasteiger partial charge in [0.1, 0.15) is 17.6 Å². The van der Waals surface area contributed by atoms with Crippen LogP contribution in [0.15, 0.2) is 61.2 Å². The molecule has 1 aliphatic rings. The molecule has 2 heterocycles. The number of methoxy groups -OCH3 is 1. The Balaban J connectivity index is 1.84. The van der Waals surface area contributed by atoms with Crippen molar-refractivity contribution in [2.45, 2.75) is 19.4 Å². The van der Waals surface area contributed by atoms with Crippen LogP contribution in [-0.4, -0.2) is 12.1 Å². The van der Waals surface area contributed by atoms with Gasteiger partial charge in [0, 0.05) is 29.0 Å². The standard InChI is InChI=1S/C23H21NO2/c1-4-5-22-19-13-17-12-15(2)6-11-20(17)24-21(19)14-23(26-22)16-7-9-18(25-3)10-8-16/h4,6-14,22H,1,5H2,2-3H3. The molecular weight excluding hydrogens is 322 g/mol. The van der Waals surface area contributed by atoms with Crippen molar-refractivity contribution in [3.63, 3.8) is 0 Å². The first-order valence-electron chi connectivity index (χ1n) is 8.73. The van der Waals surface area contributed by atoms with Crippen molar-refractivity contribution in [2.75, 3.05) is 7.11 Å². The maximum absolute atomic E-state index is 6.30. The topological polar surface area (TPSA) is 31.4 Å². The summed E-state index contributed by atoms with van der Waals surface area (Å²) in [4.78, 5) is 4.88. The molecule has 0 radical (unpaired) electrons. The van der Waals surface area contributed by atoms with E-state index >= 15 is 0 Å². The zero-order valence-electron chi connectivity index (χ0n) is 15.0. The van der Waals surface area contributed by atoms with Gasteiger partial charge in [-0.05, 0) is 49.4 Å². The van der Waals surface area contributed by atoms with Gasteiger partial charge in [-0.25, -0.2) is 4.98 Å². The van der Waals surface area contributed by atoms with Gasteiger partial charge in [-0.2, -0.15) is 0 Å².